The fraction of sp³-hybridized carbons (Fsp3) is 0.438. The lowest BCUT2D eigenvalue weighted by Crippen LogP contribution is -2.49. The van der Waals surface area contributed by atoms with E-state index in [0.29, 0.717) is 34.0 Å². The summed E-state index contributed by atoms with van der Waals surface area (Å²) in [5, 5.41) is 0.960. The minimum absolute atomic E-state index is 0.0261. The molecule has 1 amide bonds. The molecule has 0 spiro atoms. The Bertz CT molecular complexity index is 842. The number of amides is 1. The molecule has 1 fully saturated rings. The number of hydrogen-bond acceptors (Lipinski definition) is 4. The summed E-state index contributed by atoms with van der Waals surface area (Å²) in [6.45, 7) is 4.78. The first kappa shape index (κ1) is 17.2. The smallest absolute Gasteiger partial charge is 0.261 e. The Kier molecular flexibility index (Phi) is 4.80. The predicted octanol–water partition coefficient (Wildman–Crippen LogP) is 2.34. The van der Waals surface area contributed by atoms with Crippen molar-refractivity contribution in [1.29, 1.82) is 0 Å². The van der Waals surface area contributed by atoms with E-state index in [4.69, 9.17) is 27.9 Å². The van der Waals surface area contributed by atoms with Gasteiger partial charge in [0.25, 0.3) is 5.56 Å². The van der Waals surface area contributed by atoms with E-state index < -0.39 is 0 Å². The molecule has 24 heavy (non-hydrogen) atoms. The molecule has 1 aliphatic heterocycles. The molecule has 0 radical (unpaired) electrons. The van der Waals surface area contributed by atoms with Crippen molar-refractivity contribution < 1.29 is 9.53 Å². The summed E-state index contributed by atoms with van der Waals surface area (Å²) >= 11 is 12.0. The average molecular weight is 370 g/mol. The van der Waals surface area contributed by atoms with Crippen LogP contribution < -0.4 is 5.56 Å². The molecule has 2 aromatic rings. The lowest BCUT2D eigenvalue weighted by molar-refractivity contribution is -0.143. The van der Waals surface area contributed by atoms with E-state index in [1.54, 1.807) is 4.90 Å². The van der Waals surface area contributed by atoms with Crippen molar-refractivity contribution in [2.24, 2.45) is 0 Å². The Hall–Kier alpha value is -1.63. The first-order valence-corrected chi connectivity index (χ1v) is 8.38. The normalized spacial score (nSPS) is 21.2. The zero-order chi connectivity index (χ0) is 17.4. The summed E-state index contributed by atoms with van der Waals surface area (Å²) in [7, 11) is 0. The number of nitrogens with zero attached hydrogens (tertiary/aromatic N) is 3. The zero-order valence-electron chi connectivity index (χ0n) is 13.3. The van der Waals surface area contributed by atoms with Crippen molar-refractivity contribution in [3.8, 4) is 0 Å². The van der Waals surface area contributed by atoms with Crippen LogP contribution in [0.1, 0.15) is 13.8 Å². The van der Waals surface area contributed by atoms with Gasteiger partial charge in [0.2, 0.25) is 5.91 Å². The third kappa shape index (κ3) is 3.41. The lowest BCUT2D eigenvalue weighted by Gasteiger charge is -2.35. The summed E-state index contributed by atoms with van der Waals surface area (Å²) in [6, 6.07) is 3.04. The van der Waals surface area contributed by atoms with Gasteiger partial charge in [-0.3, -0.25) is 14.2 Å². The number of benzene rings is 1. The fourth-order valence-corrected chi connectivity index (χ4v) is 3.48. The second-order valence-electron chi connectivity index (χ2n) is 6.02. The van der Waals surface area contributed by atoms with E-state index in [0.717, 1.165) is 0 Å². The van der Waals surface area contributed by atoms with E-state index in [-0.39, 0.29) is 30.2 Å². The Morgan fingerprint density at radius 1 is 1.29 bits per heavy atom. The van der Waals surface area contributed by atoms with Gasteiger partial charge in [0.1, 0.15) is 6.54 Å². The largest absolute Gasteiger partial charge is 0.372 e. The molecule has 8 heteroatoms. The number of fused-ring (bicyclic) bond motifs is 1. The standard InChI is InChI=1S/C16H17Cl2N3O3/c1-9-5-20(6-10(2)24-9)14(22)7-21-8-19-15-12(16(21)23)3-11(17)4-13(15)18/h3-4,8-10H,5-7H2,1-2H3. The van der Waals surface area contributed by atoms with Gasteiger partial charge in [0.05, 0.1) is 34.5 Å². The number of morpholine rings is 1. The van der Waals surface area contributed by atoms with Crippen molar-refractivity contribution in [2.75, 3.05) is 13.1 Å². The second kappa shape index (κ2) is 6.70. The number of ether oxygens (including phenoxy) is 1. The van der Waals surface area contributed by atoms with Gasteiger partial charge in [0, 0.05) is 18.1 Å². The molecule has 2 heterocycles. The molecule has 0 saturated carbocycles. The second-order valence-corrected chi connectivity index (χ2v) is 6.86. The number of hydrogen-bond donors (Lipinski definition) is 0. The SMILES string of the molecule is CC1CN(C(=O)Cn2cnc3c(Cl)cc(Cl)cc3c2=O)CC(C)O1. The van der Waals surface area contributed by atoms with Crippen LogP contribution in [0.4, 0.5) is 0 Å². The van der Waals surface area contributed by atoms with Crippen LogP contribution in [0.2, 0.25) is 10.0 Å². The van der Waals surface area contributed by atoms with Gasteiger partial charge < -0.3 is 9.64 Å². The summed E-state index contributed by atoms with van der Waals surface area (Å²) in [5.74, 6) is -0.145. The third-order valence-electron chi connectivity index (χ3n) is 3.92. The average Bonchev–Trinajstić information content (AvgIpc) is 2.49. The number of aromatic nitrogens is 2. The topological polar surface area (TPSA) is 64.4 Å². The maximum Gasteiger partial charge on any atom is 0.261 e. The van der Waals surface area contributed by atoms with Crippen LogP contribution in [0.25, 0.3) is 10.9 Å². The van der Waals surface area contributed by atoms with Gasteiger partial charge >= 0.3 is 0 Å². The molecular weight excluding hydrogens is 353 g/mol. The molecule has 0 bridgehead atoms. The molecular formula is C16H17Cl2N3O3. The van der Waals surface area contributed by atoms with Crippen molar-refractivity contribution >= 4 is 40.0 Å². The van der Waals surface area contributed by atoms with Crippen molar-refractivity contribution in [1.82, 2.24) is 14.5 Å². The first-order valence-electron chi connectivity index (χ1n) is 7.62. The molecule has 1 aromatic carbocycles. The molecule has 2 unspecified atom stereocenters. The Morgan fingerprint density at radius 2 is 1.96 bits per heavy atom. The van der Waals surface area contributed by atoms with Crippen molar-refractivity contribution in [3.05, 3.63) is 38.9 Å². The Morgan fingerprint density at radius 3 is 2.62 bits per heavy atom. The van der Waals surface area contributed by atoms with Crippen molar-refractivity contribution in [2.45, 2.75) is 32.6 Å². The van der Waals surface area contributed by atoms with Crippen LogP contribution in [0.3, 0.4) is 0 Å². The summed E-state index contributed by atoms with van der Waals surface area (Å²) in [6.07, 6.45) is 1.29. The van der Waals surface area contributed by atoms with Gasteiger partial charge in [-0.05, 0) is 26.0 Å². The van der Waals surface area contributed by atoms with E-state index in [2.05, 4.69) is 4.98 Å². The molecule has 128 valence electrons. The number of rotatable bonds is 2. The molecule has 0 N–H and O–H groups in total. The zero-order valence-corrected chi connectivity index (χ0v) is 14.8. The molecule has 1 aromatic heterocycles. The van der Waals surface area contributed by atoms with E-state index >= 15 is 0 Å². The molecule has 1 aliphatic rings. The Labute approximate surface area is 148 Å². The van der Waals surface area contributed by atoms with Gasteiger partial charge in [-0.1, -0.05) is 23.2 Å². The van der Waals surface area contributed by atoms with Gasteiger partial charge in [-0.2, -0.15) is 0 Å². The number of carbonyl (C=O) groups excluding carboxylic acids is 1. The van der Waals surface area contributed by atoms with E-state index in [9.17, 15) is 9.59 Å². The number of halogens is 2. The predicted molar refractivity (Wildman–Crippen MR) is 92.6 cm³/mol. The van der Waals surface area contributed by atoms with Crippen LogP contribution in [0.5, 0.6) is 0 Å². The summed E-state index contributed by atoms with van der Waals surface area (Å²) in [4.78, 5) is 31.0. The lowest BCUT2D eigenvalue weighted by atomic mass is 10.2. The Balaban J connectivity index is 1.89. The van der Waals surface area contributed by atoms with Crippen LogP contribution in [-0.2, 0) is 16.1 Å². The third-order valence-corrected chi connectivity index (χ3v) is 4.43. The van der Waals surface area contributed by atoms with Gasteiger partial charge in [-0.25, -0.2) is 4.98 Å². The number of carbonyl (C=O) groups is 1. The highest BCUT2D eigenvalue weighted by Gasteiger charge is 2.26. The van der Waals surface area contributed by atoms with Crippen LogP contribution in [0, 0.1) is 0 Å². The van der Waals surface area contributed by atoms with E-state index in [1.807, 2.05) is 13.8 Å². The van der Waals surface area contributed by atoms with E-state index in [1.165, 1.54) is 23.0 Å². The highest BCUT2D eigenvalue weighted by atomic mass is 35.5. The summed E-state index contributed by atoms with van der Waals surface area (Å²) < 4.78 is 6.90. The quantitative estimate of drug-likeness (QED) is 0.814. The molecule has 1 saturated heterocycles. The molecule has 0 aliphatic carbocycles. The van der Waals surface area contributed by atoms with Crippen molar-refractivity contribution in [3.63, 3.8) is 0 Å². The monoisotopic (exact) mass is 369 g/mol. The van der Waals surface area contributed by atoms with Gasteiger partial charge in [0.15, 0.2) is 0 Å². The highest BCUT2D eigenvalue weighted by Crippen LogP contribution is 2.24. The molecule has 6 nitrogen and oxygen atoms in total. The maximum atomic E-state index is 12.6. The van der Waals surface area contributed by atoms with Crippen LogP contribution >= 0.6 is 23.2 Å². The minimum atomic E-state index is -0.341. The summed E-state index contributed by atoms with van der Waals surface area (Å²) in [5.41, 5.74) is 0.0375. The minimum Gasteiger partial charge on any atom is -0.372 e. The highest BCUT2D eigenvalue weighted by molar-refractivity contribution is 6.38. The van der Waals surface area contributed by atoms with Crippen LogP contribution in [0.15, 0.2) is 23.3 Å². The molecule has 2 atom stereocenters. The molecule has 3 rings (SSSR count). The van der Waals surface area contributed by atoms with Crippen LogP contribution in [-0.4, -0.2) is 45.7 Å². The first-order chi connectivity index (χ1) is 11.3. The fourth-order valence-electron chi connectivity index (χ4n) is 2.93. The van der Waals surface area contributed by atoms with Gasteiger partial charge in [-0.15, -0.1) is 0 Å². The maximum absolute atomic E-state index is 12.6.